The van der Waals surface area contributed by atoms with Gasteiger partial charge in [-0.2, -0.15) is 4.37 Å². The Morgan fingerprint density at radius 1 is 1.09 bits per heavy atom. The maximum atomic E-state index is 13.4. The second-order valence-electron chi connectivity index (χ2n) is 4.67. The van der Waals surface area contributed by atoms with Gasteiger partial charge in [0, 0.05) is 11.3 Å². The molecule has 0 aliphatic carbocycles. The summed E-state index contributed by atoms with van der Waals surface area (Å²) in [5, 5.41) is 2.56. The molecule has 116 valence electrons. The Bertz CT molecular complexity index is 865. The van der Waals surface area contributed by atoms with Crippen LogP contribution in [0.2, 0.25) is 5.02 Å². The lowest BCUT2D eigenvalue weighted by molar-refractivity contribution is 0.103. The van der Waals surface area contributed by atoms with Crippen molar-refractivity contribution in [1.82, 2.24) is 4.37 Å². The van der Waals surface area contributed by atoms with E-state index in [1.54, 1.807) is 18.2 Å². The van der Waals surface area contributed by atoms with Crippen LogP contribution in [0, 0.1) is 11.6 Å². The van der Waals surface area contributed by atoms with Crippen LogP contribution in [0.15, 0.2) is 48.5 Å². The summed E-state index contributed by atoms with van der Waals surface area (Å²) >= 11 is 6.60. The number of hydrogen-bond acceptors (Lipinski definition) is 3. The van der Waals surface area contributed by atoms with Crippen LogP contribution >= 0.6 is 23.1 Å². The van der Waals surface area contributed by atoms with Crippen LogP contribution in [-0.2, 0) is 0 Å². The van der Waals surface area contributed by atoms with E-state index in [1.807, 2.05) is 0 Å². The first-order valence-corrected chi connectivity index (χ1v) is 7.67. The second kappa shape index (κ2) is 6.44. The fraction of sp³-hybridized carbons (Fsp3) is 0. The van der Waals surface area contributed by atoms with Crippen molar-refractivity contribution < 1.29 is 13.6 Å². The molecule has 2 aromatic carbocycles. The smallest absolute Gasteiger partial charge is 0.267 e. The number of anilines is 1. The summed E-state index contributed by atoms with van der Waals surface area (Å²) in [5.41, 5.74) is 1.58. The van der Waals surface area contributed by atoms with Gasteiger partial charge in [0.25, 0.3) is 5.91 Å². The summed E-state index contributed by atoms with van der Waals surface area (Å²) in [6.07, 6.45) is 0. The Kier molecular flexibility index (Phi) is 4.36. The number of nitrogens with zero attached hydrogens (tertiary/aromatic N) is 1. The molecule has 7 heteroatoms. The van der Waals surface area contributed by atoms with Crippen LogP contribution < -0.4 is 5.32 Å². The number of benzene rings is 2. The average molecular weight is 351 g/mol. The molecule has 0 aliphatic rings. The average Bonchev–Trinajstić information content (AvgIpc) is 3.02. The van der Waals surface area contributed by atoms with Crippen molar-refractivity contribution >= 4 is 34.7 Å². The maximum Gasteiger partial charge on any atom is 0.267 e. The molecule has 0 radical (unpaired) electrons. The number of carbonyl (C=O) groups is 1. The molecular formula is C16H9ClF2N2OS. The third-order valence-corrected chi connectivity index (χ3v) is 4.15. The van der Waals surface area contributed by atoms with E-state index in [2.05, 4.69) is 9.69 Å². The summed E-state index contributed by atoms with van der Waals surface area (Å²) in [6.45, 7) is 0. The summed E-state index contributed by atoms with van der Waals surface area (Å²) < 4.78 is 30.5. The highest BCUT2D eigenvalue weighted by Gasteiger charge is 2.13. The number of hydrogen-bond donors (Lipinski definition) is 1. The van der Waals surface area contributed by atoms with Gasteiger partial charge in [-0.15, -0.1) is 0 Å². The van der Waals surface area contributed by atoms with Gasteiger partial charge in [0.15, 0.2) is 0 Å². The van der Waals surface area contributed by atoms with Gasteiger partial charge >= 0.3 is 0 Å². The standard InChI is InChI=1S/C16H9ClF2N2OS/c17-12-6-5-11(7-13(12)19)20-16(22)15-8-14(21-23-15)9-1-3-10(18)4-2-9/h1-8H,(H,20,22). The molecule has 1 aromatic heterocycles. The van der Waals surface area contributed by atoms with Crippen molar-refractivity contribution in [2.75, 3.05) is 5.32 Å². The summed E-state index contributed by atoms with van der Waals surface area (Å²) in [5.74, 6) is -1.36. The second-order valence-corrected chi connectivity index (χ2v) is 5.88. The lowest BCUT2D eigenvalue weighted by Gasteiger charge is -2.03. The van der Waals surface area contributed by atoms with E-state index in [4.69, 9.17) is 11.6 Å². The van der Waals surface area contributed by atoms with E-state index >= 15 is 0 Å². The van der Waals surface area contributed by atoms with E-state index in [0.29, 0.717) is 21.8 Å². The van der Waals surface area contributed by atoms with Gasteiger partial charge in [-0.05, 0) is 60.1 Å². The molecule has 3 nitrogen and oxygen atoms in total. The van der Waals surface area contributed by atoms with Crippen molar-refractivity contribution in [3.63, 3.8) is 0 Å². The van der Waals surface area contributed by atoms with Crippen LogP contribution in [0.25, 0.3) is 11.3 Å². The number of rotatable bonds is 3. The molecule has 0 fully saturated rings. The van der Waals surface area contributed by atoms with E-state index in [9.17, 15) is 13.6 Å². The minimum absolute atomic E-state index is 0.0145. The first-order chi connectivity index (χ1) is 11.0. The predicted octanol–water partition coefficient (Wildman–Crippen LogP) is 4.99. The first-order valence-electron chi connectivity index (χ1n) is 6.52. The Morgan fingerprint density at radius 3 is 2.52 bits per heavy atom. The molecule has 0 spiro atoms. The minimum Gasteiger partial charge on any atom is -0.321 e. The number of nitrogens with one attached hydrogen (secondary N) is 1. The molecule has 3 rings (SSSR count). The molecule has 0 bridgehead atoms. The van der Waals surface area contributed by atoms with Gasteiger partial charge in [0.1, 0.15) is 16.5 Å². The first kappa shape index (κ1) is 15.6. The maximum absolute atomic E-state index is 13.4. The van der Waals surface area contributed by atoms with Crippen molar-refractivity contribution in [3.05, 3.63) is 70.1 Å². The molecular weight excluding hydrogens is 342 g/mol. The molecule has 1 N–H and O–H groups in total. The van der Waals surface area contributed by atoms with Gasteiger partial charge < -0.3 is 5.32 Å². The number of amides is 1. The Morgan fingerprint density at radius 2 is 1.83 bits per heavy atom. The highest BCUT2D eigenvalue weighted by Crippen LogP contribution is 2.24. The van der Waals surface area contributed by atoms with Crippen LogP contribution in [0.4, 0.5) is 14.5 Å². The van der Waals surface area contributed by atoms with Crippen molar-refractivity contribution in [3.8, 4) is 11.3 Å². The SMILES string of the molecule is O=C(Nc1ccc(Cl)c(F)c1)c1cc(-c2ccc(F)cc2)ns1. The molecule has 0 saturated carbocycles. The van der Waals surface area contributed by atoms with E-state index in [1.165, 1.54) is 24.3 Å². The Hall–Kier alpha value is -2.31. The number of carbonyl (C=O) groups excluding carboxylic acids is 1. The number of halogens is 3. The topological polar surface area (TPSA) is 42.0 Å². The largest absolute Gasteiger partial charge is 0.321 e. The normalized spacial score (nSPS) is 10.6. The third kappa shape index (κ3) is 3.55. The fourth-order valence-corrected chi connectivity index (χ4v) is 2.68. The fourth-order valence-electron chi connectivity index (χ4n) is 1.91. The lowest BCUT2D eigenvalue weighted by atomic mass is 10.1. The molecule has 1 amide bonds. The van der Waals surface area contributed by atoms with Crippen molar-refractivity contribution in [2.24, 2.45) is 0 Å². The molecule has 0 unspecified atom stereocenters. The molecule has 3 aromatic rings. The lowest BCUT2D eigenvalue weighted by Crippen LogP contribution is -2.10. The summed E-state index contributed by atoms with van der Waals surface area (Å²) in [6, 6.07) is 11.4. The zero-order valence-electron chi connectivity index (χ0n) is 11.5. The van der Waals surface area contributed by atoms with E-state index in [-0.39, 0.29) is 10.8 Å². The predicted molar refractivity (Wildman–Crippen MR) is 86.9 cm³/mol. The quantitative estimate of drug-likeness (QED) is 0.722. The van der Waals surface area contributed by atoms with Gasteiger partial charge in [0.2, 0.25) is 0 Å². The molecule has 0 saturated heterocycles. The van der Waals surface area contributed by atoms with Crippen molar-refractivity contribution in [2.45, 2.75) is 0 Å². The monoisotopic (exact) mass is 350 g/mol. The van der Waals surface area contributed by atoms with E-state index in [0.717, 1.165) is 17.6 Å². The zero-order valence-corrected chi connectivity index (χ0v) is 13.1. The van der Waals surface area contributed by atoms with Crippen LogP contribution in [-0.4, -0.2) is 10.3 Å². The molecule has 0 atom stereocenters. The van der Waals surface area contributed by atoms with Gasteiger partial charge in [-0.1, -0.05) is 11.6 Å². The van der Waals surface area contributed by atoms with Gasteiger partial charge in [0.05, 0.1) is 10.7 Å². The molecule has 0 aliphatic heterocycles. The van der Waals surface area contributed by atoms with E-state index < -0.39 is 11.7 Å². The Balaban J connectivity index is 1.78. The van der Waals surface area contributed by atoms with Crippen LogP contribution in [0.5, 0.6) is 0 Å². The highest BCUT2D eigenvalue weighted by molar-refractivity contribution is 7.08. The number of aromatic nitrogens is 1. The van der Waals surface area contributed by atoms with Gasteiger partial charge in [-0.3, -0.25) is 4.79 Å². The minimum atomic E-state index is -0.610. The molecule has 23 heavy (non-hydrogen) atoms. The zero-order chi connectivity index (χ0) is 16.4. The van der Waals surface area contributed by atoms with Crippen LogP contribution in [0.3, 0.4) is 0 Å². The molecule has 1 heterocycles. The van der Waals surface area contributed by atoms with Gasteiger partial charge in [-0.25, -0.2) is 8.78 Å². The van der Waals surface area contributed by atoms with Crippen molar-refractivity contribution in [1.29, 1.82) is 0 Å². The van der Waals surface area contributed by atoms with Crippen LogP contribution in [0.1, 0.15) is 9.67 Å². The Labute approximate surface area is 139 Å². The third-order valence-electron chi connectivity index (χ3n) is 3.05. The summed E-state index contributed by atoms with van der Waals surface area (Å²) in [4.78, 5) is 12.5. The summed E-state index contributed by atoms with van der Waals surface area (Å²) in [7, 11) is 0. The highest BCUT2D eigenvalue weighted by atomic mass is 35.5.